The van der Waals surface area contributed by atoms with E-state index in [1.54, 1.807) is 14.2 Å². The molecule has 0 N–H and O–H groups in total. The van der Waals surface area contributed by atoms with Crippen LogP contribution < -0.4 is 9.64 Å². The van der Waals surface area contributed by atoms with Gasteiger partial charge in [-0.3, -0.25) is 9.59 Å². The molecular weight excluding hydrogens is 242 g/mol. The minimum atomic E-state index is -0.511. The third kappa shape index (κ3) is 3.13. The van der Waals surface area contributed by atoms with Crippen LogP contribution in [-0.4, -0.2) is 25.8 Å². The smallest absolute Gasteiger partial charge is 0.293 e. The summed E-state index contributed by atoms with van der Waals surface area (Å²) < 4.78 is 5.36. The molecule has 1 amide bonds. The van der Waals surface area contributed by atoms with Crippen molar-refractivity contribution in [2.75, 3.05) is 19.1 Å². The molecule has 0 fully saturated rings. The molecule has 0 aliphatic carbocycles. The first kappa shape index (κ1) is 15.2. The fourth-order valence-corrected chi connectivity index (χ4v) is 2.02. The molecular formula is C15H21NO3. The molecule has 1 rings (SSSR count). The number of ether oxygens (including phenoxy) is 1. The molecule has 4 heteroatoms. The Morgan fingerprint density at radius 1 is 1.26 bits per heavy atom. The van der Waals surface area contributed by atoms with Gasteiger partial charge in [0.25, 0.3) is 5.91 Å². The van der Waals surface area contributed by atoms with Gasteiger partial charge in [0.2, 0.25) is 5.78 Å². The van der Waals surface area contributed by atoms with Gasteiger partial charge in [-0.1, -0.05) is 13.8 Å². The normalized spacial score (nSPS) is 10.5. The number of anilines is 1. The SMILES string of the molecule is COc1cc(C)c(N(C)C(=O)C(C)=O)cc1C(C)C. The molecule has 0 spiro atoms. The van der Waals surface area contributed by atoms with E-state index < -0.39 is 11.7 Å². The minimum absolute atomic E-state index is 0.273. The molecule has 0 heterocycles. The van der Waals surface area contributed by atoms with Crippen LogP contribution in [0.15, 0.2) is 12.1 Å². The molecule has 0 saturated carbocycles. The number of rotatable bonds is 4. The number of nitrogens with zero attached hydrogens (tertiary/aromatic N) is 1. The van der Waals surface area contributed by atoms with E-state index in [0.29, 0.717) is 0 Å². The van der Waals surface area contributed by atoms with Crippen LogP contribution in [0.2, 0.25) is 0 Å². The molecule has 0 aromatic heterocycles. The summed E-state index contributed by atoms with van der Waals surface area (Å²) in [6, 6.07) is 3.81. The number of benzene rings is 1. The predicted molar refractivity (Wildman–Crippen MR) is 75.9 cm³/mol. The van der Waals surface area contributed by atoms with Crippen molar-refractivity contribution < 1.29 is 14.3 Å². The highest BCUT2D eigenvalue weighted by molar-refractivity contribution is 6.40. The number of aryl methyl sites for hydroxylation is 1. The van der Waals surface area contributed by atoms with E-state index in [1.807, 2.05) is 19.1 Å². The Morgan fingerprint density at radius 3 is 2.26 bits per heavy atom. The number of likely N-dealkylation sites (N-methyl/N-ethyl adjacent to an activating group) is 1. The summed E-state index contributed by atoms with van der Waals surface area (Å²) in [6.07, 6.45) is 0. The first-order valence-electron chi connectivity index (χ1n) is 6.26. The van der Waals surface area contributed by atoms with E-state index in [9.17, 15) is 9.59 Å². The van der Waals surface area contributed by atoms with E-state index in [2.05, 4.69) is 13.8 Å². The fraction of sp³-hybridized carbons (Fsp3) is 0.467. The Morgan fingerprint density at radius 2 is 1.84 bits per heavy atom. The summed E-state index contributed by atoms with van der Waals surface area (Å²) in [5, 5.41) is 0. The van der Waals surface area contributed by atoms with Crippen molar-refractivity contribution in [2.24, 2.45) is 0 Å². The van der Waals surface area contributed by atoms with Crippen LogP contribution in [0.5, 0.6) is 5.75 Å². The molecule has 1 aromatic rings. The summed E-state index contributed by atoms with van der Waals surface area (Å²) in [6.45, 7) is 7.29. The largest absolute Gasteiger partial charge is 0.496 e. The maximum atomic E-state index is 11.8. The fourth-order valence-electron chi connectivity index (χ4n) is 2.02. The van der Waals surface area contributed by atoms with Gasteiger partial charge in [0.05, 0.1) is 7.11 Å². The Bertz CT molecular complexity index is 506. The quantitative estimate of drug-likeness (QED) is 0.785. The number of hydrogen-bond acceptors (Lipinski definition) is 3. The van der Waals surface area contributed by atoms with E-state index in [0.717, 1.165) is 22.6 Å². The monoisotopic (exact) mass is 263 g/mol. The van der Waals surface area contributed by atoms with E-state index in [-0.39, 0.29) is 5.92 Å². The molecule has 0 bridgehead atoms. The van der Waals surface area contributed by atoms with Crippen LogP contribution in [0.3, 0.4) is 0 Å². The third-order valence-electron chi connectivity index (χ3n) is 3.14. The van der Waals surface area contributed by atoms with Crippen LogP contribution in [0.25, 0.3) is 0 Å². The van der Waals surface area contributed by atoms with Gasteiger partial charge in [0.15, 0.2) is 0 Å². The predicted octanol–water partition coefficient (Wildman–Crippen LogP) is 2.68. The lowest BCUT2D eigenvalue weighted by Crippen LogP contribution is -2.32. The number of hydrogen-bond donors (Lipinski definition) is 0. The zero-order valence-corrected chi connectivity index (χ0v) is 12.4. The van der Waals surface area contributed by atoms with Crippen molar-refractivity contribution in [2.45, 2.75) is 33.6 Å². The average Bonchev–Trinajstić information content (AvgIpc) is 2.35. The topological polar surface area (TPSA) is 46.6 Å². The van der Waals surface area contributed by atoms with Crippen molar-refractivity contribution in [3.63, 3.8) is 0 Å². The third-order valence-corrected chi connectivity index (χ3v) is 3.14. The maximum Gasteiger partial charge on any atom is 0.293 e. The van der Waals surface area contributed by atoms with Crippen molar-refractivity contribution in [1.29, 1.82) is 0 Å². The Hall–Kier alpha value is -1.84. The average molecular weight is 263 g/mol. The molecule has 0 radical (unpaired) electrons. The Kier molecular flexibility index (Phi) is 4.70. The number of carbonyl (C=O) groups excluding carboxylic acids is 2. The molecule has 0 aliphatic rings. The van der Waals surface area contributed by atoms with E-state index in [4.69, 9.17) is 4.74 Å². The number of ketones is 1. The van der Waals surface area contributed by atoms with Gasteiger partial charge in [0, 0.05) is 19.7 Å². The van der Waals surface area contributed by atoms with Crippen LogP contribution in [0.1, 0.15) is 37.8 Å². The second-order valence-corrected chi connectivity index (χ2v) is 4.96. The Balaban J connectivity index is 3.33. The first-order valence-corrected chi connectivity index (χ1v) is 6.26. The van der Waals surface area contributed by atoms with Crippen molar-refractivity contribution in [3.8, 4) is 5.75 Å². The Labute approximate surface area is 114 Å². The molecule has 0 aliphatic heterocycles. The van der Waals surface area contributed by atoms with Crippen LogP contribution in [-0.2, 0) is 9.59 Å². The van der Waals surface area contributed by atoms with Gasteiger partial charge in [0.1, 0.15) is 5.75 Å². The van der Waals surface area contributed by atoms with Crippen LogP contribution in [0.4, 0.5) is 5.69 Å². The summed E-state index contributed by atoms with van der Waals surface area (Å²) in [4.78, 5) is 24.4. The van der Waals surface area contributed by atoms with E-state index in [1.165, 1.54) is 11.8 Å². The molecule has 4 nitrogen and oxygen atoms in total. The standard InChI is InChI=1S/C15H21NO3/c1-9(2)12-8-13(10(3)7-14(12)19-6)16(5)15(18)11(4)17/h7-9H,1-6H3. The lowest BCUT2D eigenvalue weighted by molar-refractivity contribution is -0.134. The van der Waals surface area contributed by atoms with Gasteiger partial charge >= 0.3 is 0 Å². The minimum Gasteiger partial charge on any atom is -0.496 e. The summed E-state index contributed by atoms with van der Waals surface area (Å²) in [5.41, 5.74) is 2.66. The van der Waals surface area contributed by atoms with E-state index >= 15 is 0 Å². The van der Waals surface area contributed by atoms with Gasteiger partial charge in [-0.25, -0.2) is 0 Å². The molecule has 104 valence electrons. The summed E-state index contributed by atoms with van der Waals surface area (Å²) in [5.74, 6) is 0.0989. The van der Waals surface area contributed by atoms with Crippen LogP contribution >= 0.6 is 0 Å². The molecule has 19 heavy (non-hydrogen) atoms. The van der Waals surface area contributed by atoms with Gasteiger partial charge < -0.3 is 9.64 Å². The van der Waals surface area contributed by atoms with Gasteiger partial charge in [-0.15, -0.1) is 0 Å². The van der Waals surface area contributed by atoms with Gasteiger partial charge in [-0.2, -0.15) is 0 Å². The number of carbonyl (C=O) groups is 2. The van der Waals surface area contributed by atoms with Crippen molar-refractivity contribution in [1.82, 2.24) is 0 Å². The zero-order chi connectivity index (χ0) is 14.7. The summed E-state index contributed by atoms with van der Waals surface area (Å²) in [7, 11) is 3.24. The second-order valence-electron chi connectivity index (χ2n) is 4.96. The molecule has 0 unspecified atom stereocenters. The highest BCUT2D eigenvalue weighted by atomic mass is 16.5. The molecule has 0 saturated heterocycles. The lowest BCUT2D eigenvalue weighted by atomic mass is 9.98. The second kappa shape index (κ2) is 5.87. The van der Waals surface area contributed by atoms with Crippen LogP contribution in [0, 0.1) is 6.92 Å². The van der Waals surface area contributed by atoms with Gasteiger partial charge in [-0.05, 0) is 36.1 Å². The molecule has 0 atom stereocenters. The number of Topliss-reactive ketones (excluding diaryl/α,β-unsaturated/α-hetero) is 1. The van der Waals surface area contributed by atoms with Crippen molar-refractivity contribution in [3.05, 3.63) is 23.3 Å². The lowest BCUT2D eigenvalue weighted by Gasteiger charge is -2.22. The highest BCUT2D eigenvalue weighted by Crippen LogP contribution is 2.33. The highest BCUT2D eigenvalue weighted by Gasteiger charge is 2.19. The first-order chi connectivity index (χ1) is 8.79. The maximum absolute atomic E-state index is 11.8. The molecule has 1 aromatic carbocycles. The number of methoxy groups -OCH3 is 1. The van der Waals surface area contributed by atoms with Crippen molar-refractivity contribution >= 4 is 17.4 Å². The zero-order valence-electron chi connectivity index (χ0n) is 12.4. The number of amides is 1. The summed E-state index contributed by atoms with van der Waals surface area (Å²) >= 11 is 0.